The molecule has 0 radical (unpaired) electrons. The first kappa shape index (κ1) is 33.1. The second kappa shape index (κ2) is 15.3. The summed E-state index contributed by atoms with van der Waals surface area (Å²) in [4.78, 5) is 54.1. The molecule has 1 saturated carbocycles. The molecular formula is C32H44N6O5S. The molecule has 2 heterocycles. The maximum absolute atomic E-state index is 14.9. The number of imidazole rings is 1. The van der Waals surface area contributed by atoms with Gasteiger partial charge in [-0.1, -0.05) is 62.4 Å². The normalized spacial score (nSPS) is 16.8. The summed E-state index contributed by atoms with van der Waals surface area (Å²) in [5, 5.41) is 16.8. The highest BCUT2D eigenvalue weighted by Crippen LogP contribution is 2.35. The van der Waals surface area contributed by atoms with Crippen LogP contribution in [-0.4, -0.2) is 66.6 Å². The molecule has 12 heteroatoms. The van der Waals surface area contributed by atoms with E-state index in [0.29, 0.717) is 17.1 Å². The second-order valence-electron chi connectivity index (χ2n) is 12.5. The highest BCUT2D eigenvalue weighted by atomic mass is 32.1. The number of aromatic nitrogens is 3. The van der Waals surface area contributed by atoms with Crippen molar-refractivity contribution in [2.24, 2.45) is 11.7 Å². The zero-order valence-electron chi connectivity index (χ0n) is 25.6. The van der Waals surface area contributed by atoms with Gasteiger partial charge in [-0.3, -0.25) is 9.59 Å². The van der Waals surface area contributed by atoms with E-state index in [1.54, 1.807) is 38.5 Å². The van der Waals surface area contributed by atoms with E-state index in [-0.39, 0.29) is 18.8 Å². The number of nitrogens with one attached hydrogen (secondary N) is 2. The van der Waals surface area contributed by atoms with E-state index in [0.717, 1.165) is 37.7 Å². The van der Waals surface area contributed by atoms with Crippen LogP contribution in [-0.2, 0) is 27.2 Å². The van der Waals surface area contributed by atoms with Crippen LogP contribution in [0.25, 0.3) is 0 Å². The number of nitrogens with two attached hydrogens (primary N) is 1. The van der Waals surface area contributed by atoms with Crippen LogP contribution in [0.1, 0.15) is 81.7 Å². The number of aliphatic hydroxyl groups excluding tert-OH is 1. The molecule has 11 nitrogen and oxygen atoms in total. The molecule has 1 aromatic carbocycles. The molecule has 3 amide bonds. The van der Waals surface area contributed by atoms with Gasteiger partial charge in [-0.15, -0.1) is 11.3 Å². The zero-order valence-corrected chi connectivity index (χ0v) is 26.5. The molecule has 0 unspecified atom stereocenters. The molecule has 0 saturated heterocycles. The number of hydrogen-bond acceptors (Lipinski definition) is 8. The third-order valence-corrected chi connectivity index (χ3v) is 8.73. The molecule has 4 rings (SSSR count). The number of H-pyrrole nitrogens is 1. The maximum atomic E-state index is 14.9. The van der Waals surface area contributed by atoms with Crippen LogP contribution in [0.5, 0.6) is 0 Å². The standard InChI is InChI=1S/C32H44N6O5S/c1-32(2,3)43-31(42)37-24(16-21-10-6-4-7-11-21)30(41)38(26(28(33)40)18-23-19-34-20-36-23)25(17-22-12-8-5-9-13-22)27(39)29-35-14-15-44-29/h4,6-7,10-11,14-15,19-20,22,24-27,39H,5,8-9,12-13,16-18H2,1-3H3,(H2,33,40)(H,34,36)(H,37,42)/t24-,25-,26-,27+/m0/s1. The Morgan fingerprint density at radius 2 is 1.89 bits per heavy atom. The predicted molar refractivity (Wildman–Crippen MR) is 167 cm³/mol. The van der Waals surface area contributed by atoms with E-state index >= 15 is 0 Å². The Kier molecular flexibility index (Phi) is 11.5. The lowest BCUT2D eigenvalue weighted by Gasteiger charge is -2.42. The fourth-order valence-corrected chi connectivity index (χ4v) is 6.55. The van der Waals surface area contributed by atoms with E-state index in [4.69, 9.17) is 10.5 Å². The van der Waals surface area contributed by atoms with E-state index < -0.39 is 47.7 Å². The van der Waals surface area contributed by atoms with Gasteiger partial charge in [0.1, 0.15) is 28.8 Å². The molecule has 0 spiro atoms. The highest BCUT2D eigenvalue weighted by molar-refractivity contribution is 7.09. The molecule has 0 aliphatic heterocycles. The van der Waals surface area contributed by atoms with Crippen molar-refractivity contribution in [3.8, 4) is 0 Å². The third-order valence-electron chi connectivity index (χ3n) is 7.88. The van der Waals surface area contributed by atoms with Crippen LogP contribution in [0.3, 0.4) is 0 Å². The van der Waals surface area contributed by atoms with Crippen molar-refractivity contribution in [2.75, 3.05) is 0 Å². The summed E-state index contributed by atoms with van der Waals surface area (Å²) < 4.78 is 5.53. The van der Waals surface area contributed by atoms with Gasteiger partial charge < -0.3 is 30.8 Å². The Balaban J connectivity index is 1.80. The average molecular weight is 625 g/mol. The van der Waals surface area contributed by atoms with E-state index in [9.17, 15) is 19.5 Å². The number of amides is 3. The number of carbonyl (C=O) groups excluding carboxylic acids is 3. The Labute approximate surface area is 262 Å². The number of rotatable bonds is 13. The van der Waals surface area contributed by atoms with E-state index in [2.05, 4.69) is 20.3 Å². The van der Waals surface area contributed by atoms with Crippen LogP contribution >= 0.6 is 11.3 Å². The molecule has 5 N–H and O–H groups in total. The minimum atomic E-state index is -1.18. The number of thiazole rings is 1. The Morgan fingerprint density at radius 3 is 2.48 bits per heavy atom. The monoisotopic (exact) mass is 624 g/mol. The Morgan fingerprint density at radius 1 is 1.16 bits per heavy atom. The van der Waals surface area contributed by atoms with Crippen molar-refractivity contribution < 1.29 is 24.2 Å². The number of ether oxygens (including phenoxy) is 1. The summed E-state index contributed by atoms with van der Waals surface area (Å²) in [5.41, 5.74) is 6.65. The Bertz CT molecular complexity index is 1320. The third kappa shape index (κ3) is 9.36. The molecule has 1 aliphatic carbocycles. The van der Waals surface area contributed by atoms with Gasteiger partial charge in [0, 0.05) is 36.3 Å². The van der Waals surface area contributed by atoms with Crippen molar-refractivity contribution in [3.05, 3.63) is 70.7 Å². The van der Waals surface area contributed by atoms with Crippen molar-refractivity contribution in [1.29, 1.82) is 0 Å². The lowest BCUT2D eigenvalue weighted by molar-refractivity contribution is -0.148. The molecular weight excluding hydrogens is 580 g/mol. The number of carbonyl (C=O) groups is 3. The molecule has 238 valence electrons. The van der Waals surface area contributed by atoms with Gasteiger partial charge in [0.05, 0.1) is 12.4 Å². The van der Waals surface area contributed by atoms with E-state index in [1.807, 2.05) is 30.3 Å². The molecule has 2 aromatic heterocycles. The van der Waals surface area contributed by atoms with Crippen molar-refractivity contribution in [3.63, 3.8) is 0 Å². The summed E-state index contributed by atoms with van der Waals surface area (Å²) in [7, 11) is 0. The first-order valence-corrected chi connectivity index (χ1v) is 16.1. The summed E-state index contributed by atoms with van der Waals surface area (Å²) in [6, 6.07) is 6.19. The van der Waals surface area contributed by atoms with Gasteiger partial charge in [0.15, 0.2) is 0 Å². The number of aromatic amines is 1. The van der Waals surface area contributed by atoms with Gasteiger partial charge in [0.25, 0.3) is 0 Å². The summed E-state index contributed by atoms with van der Waals surface area (Å²) in [6.07, 6.45) is 8.53. The lowest BCUT2D eigenvalue weighted by Crippen LogP contribution is -2.61. The topological polar surface area (TPSA) is 164 Å². The van der Waals surface area contributed by atoms with Gasteiger partial charge >= 0.3 is 6.09 Å². The number of nitrogens with zero attached hydrogens (tertiary/aromatic N) is 3. The maximum Gasteiger partial charge on any atom is 0.408 e. The first-order chi connectivity index (χ1) is 21.0. The summed E-state index contributed by atoms with van der Waals surface area (Å²) in [6.45, 7) is 5.22. The average Bonchev–Trinajstić information content (AvgIpc) is 3.70. The van der Waals surface area contributed by atoms with Gasteiger partial charge in [-0.25, -0.2) is 14.8 Å². The van der Waals surface area contributed by atoms with Crippen molar-refractivity contribution in [1.82, 2.24) is 25.2 Å². The van der Waals surface area contributed by atoms with Gasteiger partial charge in [-0.2, -0.15) is 0 Å². The fraction of sp³-hybridized carbons (Fsp3) is 0.531. The SMILES string of the molecule is CC(C)(C)OC(=O)N[C@@H](Cc1ccccc1)C(=O)N([C@@H](Cc1cnc[nH]1)C(N)=O)[C@@H](CC1CCCCC1)[C@@H](O)c1nccs1. The quantitative estimate of drug-likeness (QED) is 0.220. The Hall–Kier alpha value is -3.77. The molecule has 44 heavy (non-hydrogen) atoms. The number of aliphatic hydroxyl groups is 1. The van der Waals surface area contributed by atoms with Crippen molar-refractivity contribution >= 4 is 29.2 Å². The summed E-state index contributed by atoms with van der Waals surface area (Å²) in [5.74, 6) is -1.05. The summed E-state index contributed by atoms with van der Waals surface area (Å²) >= 11 is 1.28. The minimum Gasteiger partial charge on any atom is -0.444 e. The second-order valence-corrected chi connectivity index (χ2v) is 13.4. The molecule has 1 aliphatic rings. The smallest absolute Gasteiger partial charge is 0.408 e. The molecule has 4 atom stereocenters. The van der Waals surface area contributed by atoms with Crippen LogP contribution in [0.15, 0.2) is 54.4 Å². The number of benzene rings is 1. The predicted octanol–water partition coefficient (Wildman–Crippen LogP) is 4.30. The van der Waals surface area contributed by atoms with Gasteiger partial charge in [-0.05, 0) is 38.7 Å². The highest BCUT2D eigenvalue weighted by Gasteiger charge is 2.43. The fourth-order valence-electron chi connectivity index (χ4n) is 5.87. The zero-order chi connectivity index (χ0) is 31.7. The van der Waals surface area contributed by atoms with E-state index in [1.165, 1.54) is 22.6 Å². The lowest BCUT2D eigenvalue weighted by atomic mass is 9.82. The van der Waals surface area contributed by atoms with Crippen LogP contribution in [0, 0.1) is 5.92 Å². The molecule has 0 bridgehead atoms. The van der Waals surface area contributed by atoms with Crippen LogP contribution in [0.2, 0.25) is 0 Å². The van der Waals surface area contributed by atoms with Crippen LogP contribution < -0.4 is 11.1 Å². The molecule has 1 fully saturated rings. The van der Waals surface area contributed by atoms with Crippen molar-refractivity contribution in [2.45, 2.75) is 102 Å². The molecule has 3 aromatic rings. The van der Waals surface area contributed by atoms with Crippen LogP contribution in [0.4, 0.5) is 4.79 Å². The number of hydrogen-bond donors (Lipinski definition) is 4. The number of alkyl carbamates (subject to hydrolysis) is 1. The first-order valence-electron chi connectivity index (χ1n) is 15.2. The largest absolute Gasteiger partial charge is 0.444 e. The number of primary amides is 1. The minimum absolute atomic E-state index is 0.0529. The van der Waals surface area contributed by atoms with Gasteiger partial charge in [0.2, 0.25) is 11.8 Å².